The molecule has 2 heterocycles. The van der Waals surface area contributed by atoms with Crippen LogP contribution >= 0.6 is 0 Å². The van der Waals surface area contributed by atoms with Crippen molar-refractivity contribution in [3.05, 3.63) is 59.8 Å². The summed E-state index contributed by atoms with van der Waals surface area (Å²) in [6, 6.07) is 13.3. The Morgan fingerprint density at radius 3 is 2.39 bits per heavy atom. The van der Waals surface area contributed by atoms with Gasteiger partial charge in [0.25, 0.3) is 5.91 Å². The summed E-state index contributed by atoms with van der Waals surface area (Å²) in [5.41, 5.74) is 8.50. The van der Waals surface area contributed by atoms with Crippen molar-refractivity contribution in [1.29, 1.82) is 0 Å². The van der Waals surface area contributed by atoms with E-state index in [2.05, 4.69) is 9.88 Å². The number of fused-ring (bicyclic) bond motifs is 1. The van der Waals surface area contributed by atoms with Gasteiger partial charge in [0.15, 0.2) is 11.5 Å². The monoisotopic (exact) mass is 492 g/mol. The molecular weight excluding hydrogens is 460 g/mol. The molecule has 1 aromatic heterocycles. The van der Waals surface area contributed by atoms with Crippen molar-refractivity contribution in [3.63, 3.8) is 0 Å². The number of nitrogens with zero attached hydrogens (tertiary/aromatic N) is 3. The van der Waals surface area contributed by atoms with E-state index >= 15 is 0 Å². The van der Waals surface area contributed by atoms with Gasteiger partial charge in [-0.1, -0.05) is 30.3 Å². The molecule has 9 heteroatoms. The van der Waals surface area contributed by atoms with Gasteiger partial charge in [0, 0.05) is 43.8 Å². The topological polar surface area (TPSA) is 118 Å². The number of aromatic nitrogens is 1. The van der Waals surface area contributed by atoms with Crippen LogP contribution in [-0.2, 0) is 6.54 Å². The molecule has 9 nitrogen and oxygen atoms in total. The number of methoxy groups -OCH3 is 2. The molecule has 1 fully saturated rings. The summed E-state index contributed by atoms with van der Waals surface area (Å²) >= 11 is 0. The maximum atomic E-state index is 12.3. The normalized spacial score (nSPS) is 14.0. The van der Waals surface area contributed by atoms with Gasteiger partial charge in [-0.25, -0.2) is 4.79 Å². The highest BCUT2D eigenvalue weighted by atomic mass is 16.5. The highest BCUT2D eigenvalue weighted by Gasteiger charge is 2.26. The molecule has 0 unspecified atom stereocenters. The number of hydrogen-bond acceptors (Lipinski definition) is 6. The van der Waals surface area contributed by atoms with Crippen molar-refractivity contribution < 1.29 is 24.2 Å². The van der Waals surface area contributed by atoms with Gasteiger partial charge in [-0.15, -0.1) is 0 Å². The molecule has 1 aliphatic heterocycles. The fraction of sp³-hybridized carbons (Fsp3) is 0.370. The number of pyridine rings is 1. The lowest BCUT2D eigenvalue weighted by Crippen LogP contribution is -2.37. The maximum absolute atomic E-state index is 12.3. The van der Waals surface area contributed by atoms with E-state index in [0.29, 0.717) is 41.6 Å². The Hall–Kier alpha value is -4.01. The Labute approximate surface area is 210 Å². The van der Waals surface area contributed by atoms with Crippen LogP contribution in [0.15, 0.2) is 48.7 Å². The van der Waals surface area contributed by atoms with Gasteiger partial charge in [0.2, 0.25) is 0 Å². The van der Waals surface area contributed by atoms with E-state index in [4.69, 9.17) is 15.2 Å². The number of ether oxygens (including phenoxy) is 2. The van der Waals surface area contributed by atoms with Crippen molar-refractivity contribution in [1.82, 2.24) is 9.88 Å². The Morgan fingerprint density at radius 2 is 1.78 bits per heavy atom. The minimum absolute atomic E-state index is 0.369. The van der Waals surface area contributed by atoms with Crippen LogP contribution in [0.3, 0.4) is 0 Å². The molecule has 0 aliphatic carbocycles. The molecule has 2 amide bonds. The number of carbonyl (C=O) groups excluding carboxylic acids is 1. The van der Waals surface area contributed by atoms with E-state index in [1.54, 1.807) is 20.3 Å². The molecule has 0 bridgehead atoms. The molecule has 36 heavy (non-hydrogen) atoms. The fourth-order valence-corrected chi connectivity index (χ4v) is 4.86. The van der Waals surface area contributed by atoms with Crippen LogP contribution < -0.4 is 20.1 Å². The second-order valence-corrected chi connectivity index (χ2v) is 9.02. The summed E-state index contributed by atoms with van der Waals surface area (Å²) in [5, 5.41) is 10.4. The third-order valence-corrected chi connectivity index (χ3v) is 6.84. The lowest BCUT2D eigenvalue weighted by atomic mass is 9.92. The number of primary amides is 1. The molecule has 3 aromatic rings. The van der Waals surface area contributed by atoms with Gasteiger partial charge in [-0.2, -0.15) is 0 Å². The SMILES string of the molecule is COc1cc2ncc(C(N)=O)c(N3CCC(CCN(Cc4ccccc4)C(=O)O)CC3)c2cc1OC. The number of carbonyl (C=O) groups is 2. The molecule has 0 spiro atoms. The summed E-state index contributed by atoms with van der Waals surface area (Å²) in [4.78, 5) is 32.1. The first-order chi connectivity index (χ1) is 17.4. The zero-order valence-corrected chi connectivity index (χ0v) is 20.6. The van der Waals surface area contributed by atoms with Crippen LogP contribution in [0.1, 0.15) is 35.2 Å². The molecule has 3 N–H and O–H groups in total. The maximum Gasteiger partial charge on any atom is 0.407 e. The number of hydrogen-bond donors (Lipinski definition) is 2. The first kappa shape index (κ1) is 25.1. The van der Waals surface area contributed by atoms with Gasteiger partial charge < -0.3 is 30.1 Å². The standard InChI is InChI=1S/C27H32N4O5/c1-35-23-14-20-22(15-24(23)36-2)29-16-21(26(28)32)25(20)30-11-8-18(9-12-30)10-13-31(27(33)34)17-19-6-4-3-5-7-19/h3-7,14-16,18H,8-13,17H2,1-2H3,(H2,28,32)(H,33,34). The van der Waals surface area contributed by atoms with Crippen LogP contribution in [0.4, 0.5) is 10.5 Å². The number of rotatable bonds is 9. The molecule has 190 valence electrons. The molecular formula is C27H32N4O5. The number of carboxylic acid groups (broad SMARTS) is 1. The Balaban J connectivity index is 1.48. The van der Waals surface area contributed by atoms with Crippen LogP contribution in [0.5, 0.6) is 11.5 Å². The summed E-state index contributed by atoms with van der Waals surface area (Å²) in [5.74, 6) is 0.970. The second-order valence-electron chi connectivity index (χ2n) is 9.02. The van der Waals surface area contributed by atoms with Crippen LogP contribution in [-0.4, -0.2) is 60.8 Å². The molecule has 1 aliphatic rings. The van der Waals surface area contributed by atoms with Gasteiger partial charge in [0.1, 0.15) is 0 Å². The Kier molecular flexibility index (Phi) is 7.77. The van der Waals surface area contributed by atoms with Gasteiger partial charge in [0.05, 0.1) is 31.0 Å². The van der Waals surface area contributed by atoms with E-state index in [1.807, 2.05) is 36.4 Å². The minimum atomic E-state index is -0.907. The molecule has 2 aromatic carbocycles. The highest BCUT2D eigenvalue weighted by Crippen LogP contribution is 2.39. The number of piperidine rings is 1. The summed E-state index contributed by atoms with van der Waals surface area (Å²) < 4.78 is 10.9. The van der Waals surface area contributed by atoms with Gasteiger partial charge in [-0.05, 0) is 36.8 Å². The Morgan fingerprint density at radius 1 is 1.11 bits per heavy atom. The zero-order chi connectivity index (χ0) is 25.7. The number of amides is 2. The molecule has 0 saturated carbocycles. The largest absolute Gasteiger partial charge is 0.493 e. The first-order valence-corrected chi connectivity index (χ1v) is 12.0. The van der Waals surface area contributed by atoms with Crippen molar-refractivity contribution in [2.24, 2.45) is 11.7 Å². The van der Waals surface area contributed by atoms with Crippen molar-refractivity contribution in [3.8, 4) is 11.5 Å². The number of anilines is 1. The third-order valence-electron chi connectivity index (χ3n) is 6.84. The van der Waals surface area contributed by atoms with E-state index in [0.717, 1.165) is 49.0 Å². The van der Waals surface area contributed by atoms with Crippen LogP contribution in [0, 0.1) is 5.92 Å². The number of benzene rings is 2. The average molecular weight is 493 g/mol. The lowest BCUT2D eigenvalue weighted by Gasteiger charge is -2.35. The summed E-state index contributed by atoms with van der Waals surface area (Å²) in [6.45, 7) is 2.32. The van der Waals surface area contributed by atoms with Crippen molar-refractivity contribution in [2.45, 2.75) is 25.8 Å². The number of nitrogens with two attached hydrogens (primary N) is 1. The van der Waals surface area contributed by atoms with Gasteiger partial charge >= 0.3 is 6.09 Å². The third kappa shape index (κ3) is 5.45. The zero-order valence-electron chi connectivity index (χ0n) is 20.6. The van der Waals surface area contributed by atoms with Crippen molar-refractivity contribution in [2.75, 3.05) is 38.8 Å². The molecule has 0 atom stereocenters. The lowest BCUT2D eigenvalue weighted by molar-refractivity contribution is 0.100. The van der Waals surface area contributed by atoms with E-state index < -0.39 is 12.0 Å². The van der Waals surface area contributed by atoms with Crippen LogP contribution in [0.2, 0.25) is 0 Å². The second kappa shape index (κ2) is 11.2. The first-order valence-electron chi connectivity index (χ1n) is 12.0. The predicted molar refractivity (Wildman–Crippen MR) is 138 cm³/mol. The van der Waals surface area contributed by atoms with Crippen LogP contribution in [0.25, 0.3) is 10.9 Å². The molecule has 1 saturated heterocycles. The highest BCUT2D eigenvalue weighted by molar-refractivity contribution is 6.07. The average Bonchev–Trinajstić information content (AvgIpc) is 2.90. The molecule has 4 rings (SSSR count). The fourth-order valence-electron chi connectivity index (χ4n) is 4.86. The van der Waals surface area contributed by atoms with E-state index in [1.165, 1.54) is 11.1 Å². The van der Waals surface area contributed by atoms with E-state index in [-0.39, 0.29) is 0 Å². The summed E-state index contributed by atoms with van der Waals surface area (Å²) in [6.07, 6.45) is 3.17. The quantitative estimate of drug-likeness (QED) is 0.461. The van der Waals surface area contributed by atoms with Crippen molar-refractivity contribution >= 4 is 28.6 Å². The Bertz CT molecular complexity index is 1230. The van der Waals surface area contributed by atoms with Gasteiger partial charge in [-0.3, -0.25) is 9.78 Å². The molecule has 0 radical (unpaired) electrons. The summed E-state index contributed by atoms with van der Waals surface area (Å²) in [7, 11) is 3.14. The van der Waals surface area contributed by atoms with E-state index in [9.17, 15) is 14.7 Å². The minimum Gasteiger partial charge on any atom is -0.493 e. The smallest absolute Gasteiger partial charge is 0.407 e. The predicted octanol–water partition coefficient (Wildman–Crippen LogP) is 4.14.